The van der Waals surface area contributed by atoms with E-state index in [-0.39, 0.29) is 11.7 Å². The fraction of sp³-hybridized carbons (Fsp3) is 0.188. The third kappa shape index (κ3) is 3.33. The van der Waals surface area contributed by atoms with Gasteiger partial charge in [0, 0.05) is 13.1 Å². The molecule has 1 heterocycles. The van der Waals surface area contributed by atoms with Crippen LogP contribution in [0.1, 0.15) is 20.8 Å². The molecule has 0 aliphatic carbocycles. The molecule has 4 heteroatoms. The molecule has 0 aliphatic heterocycles. The standard InChI is InChI=1S/C16H16FNOS/c1-3-9-18(11-13-4-6-14(17)7-5-13)16(19)15-12(2)8-10-20-15/h3-8,10H,1,9,11H2,2H3. The number of rotatable bonds is 5. The summed E-state index contributed by atoms with van der Waals surface area (Å²) < 4.78 is 12.9. The van der Waals surface area contributed by atoms with Crippen LogP contribution in [0.4, 0.5) is 4.39 Å². The predicted molar refractivity (Wildman–Crippen MR) is 80.4 cm³/mol. The van der Waals surface area contributed by atoms with Crippen molar-refractivity contribution < 1.29 is 9.18 Å². The molecule has 2 nitrogen and oxygen atoms in total. The Morgan fingerprint density at radius 2 is 2.05 bits per heavy atom. The SMILES string of the molecule is C=CCN(Cc1ccc(F)cc1)C(=O)c1sccc1C. The first-order valence-electron chi connectivity index (χ1n) is 6.30. The van der Waals surface area contributed by atoms with Crippen LogP contribution in [0.25, 0.3) is 0 Å². The van der Waals surface area contributed by atoms with Crippen molar-refractivity contribution in [1.29, 1.82) is 0 Å². The maximum Gasteiger partial charge on any atom is 0.264 e. The van der Waals surface area contributed by atoms with Gasteiger partial charge in [-0.25, -0.2) is 4.39 Å². The van der Waals surface area contributed by atoms with Crippen LogP contribution in [-0.4, -0.2) is 17.4 Å². The molecule has 0 aliphatic rings. The smallest absolute Gasteiger partial charge is 0.264 e. The molecule has 0 unspecified atom stereocenters. The lowest BCUT2D eigenvalue weighted by Crippen LogP contribution is -2.30. The van der Waals surface area contributed by atoms with Crippen LogP contribution in [0, 0.1) is 12.7 Å². The molecule has 0 radical (unpaired) electrons. The Morgan fingerprint density at radius 1 is 1.35 bits per heavy atom. The fourth-order valence-corrected chi connectivity index (χ4v) is 2.81. The van der Waals surface area contributed by atoms with Crippen molar-refractivity contribution in [2.75, 3.05) is 6.54 Å². The topological polar surface area (TPSA) is 20.3 Å². The minimum Gasteiger partial charge on any atom is -0.330 e. The first-order chi connectivity index (χ1) is 9.61. The first kappa shape index (κ1) is 14.5. The highest BCUT2D eigenvalue weighted by molar-refractivity contribution is 7.12. The van der Waals surface area contributed by atoms with Crippen LogP contribution in [-0.2, 0) is 6.54 Å². The number of halogens is 1. The van der Waals surface area contributed by atoms with Crippen LogP contribution >= 0.6 is 11.3 Å². The number of hydrogen-bond acceptors (Lipinski definition) is 2. The largest absolute Gasteiger partial charge is 0.330 e. The number of aryl methyl sites for hydroxylation is 1. The number of thiophene rings is 1. The maximum atomic E-state index is 12.9. The van der Waals surface area contributed by atoms with Gasteiger partial charge in [-0.1, -0.05) is 18.2 Å². The lowest BCUT2D eigenvalue weighted by Gasteiger charge is -2.21. The first-order valence-corrected chi connectivity index (χ1v) is 7.18. The molecule has 1 amide bonds. The van der Waals surface area contributed by atoms with Crippen LogP contribution in [0.2, 0.25) is 0 Å². The molecule has 0 atom stereocenters. The van der Waals surface area contributed by atoms with Gasteiger partial charge in [-0.15, -0.1) is 17.9 Å². The highest BCUT2D eigenvalue weighted by atomic mass is 32.1. The van der Waals surface area contributed by atoms with Gasteiger partial charge in [-0.05, 0) is 41.6 Å². The maximum absolute atomic E-state index is 12.9. The van der Waals surface area contributed by atoms with Gasteiger partial charge in [-0.2, -0.15) is 0 Å². The summed E-state index contributed by atoms with van der Waals surface area (Å²) in [5.74, 6) is -0.286. The summed E-state index contributed by atoms with van der Waals surface area (Å²) >= 11 is 1.44. The third-order valence-electron chi connectivity index (χ3n) is 2.98. The van der Waals surface area contributed by atoms with Gasteiger partial charge in [0.1, 0.15) is 5.82 Å². The second-order valence-corrected chi connectivity index (χ2v) is 5.45. The Morgan fingerprint density at radius 3 is 2.60 bits per heavy atom. The molecule has 0 saturated carbocycles. The van der Waals surface area contributed by atoms with E-state index in [0.717, 1.165) is 16.0 Å². The van der Waals surface area contributed by atoms with Crippen molar-refractivity contribution in [3.8, 4) is 0 Å². The number of carbonyl (C=O) groups excluding carboxylic acids is 1. The quantitative estimate of drug-likeness (QED) is 0.761. The average Bonchev–Trinajstić information content (AvgIpc) is 2.86. The predicted octanol–water partition coefficient (Wildman–Crippen LogP) is 4.02. The van der Waals surface area contributed by atoms with E-state index in [1.807, 2.05) is 18.4 Å². The van der Waals surface area contributed by atoms with Gasteiger partial charge in [0.2, 0.25) is 0 Å². The summed E-state index contributed by atoms with van der Waals surface area (Å²) in [4.78, 5) is 15.0. The Labute approximate surface area is 122 Å². The Balaban J connectivity index is 2.18. The van der Waals surface area contributed by atoms with Crippen molar-refractivity contribution >= 4 is 17.2 Å². The zero-order valence-corrected chi connectivity index (χ0v) is 12.1. The van der Waals surface area contributed by atoms with Crippen molar-refractivity contribution in [3.63, 3.8) is 0 Å². The summed E-state index contributed by atoms with van der Waals surface area (Å²) in [7, 11) is 0. The molecule has 20 heavy (non-hydrogen) atoms. The lowest BCUT2D eigenvalue weighted by molar-refractivity contribution is 0.0767. The van der Waals surface area contributed by atoms with Crippen molar-refractivity contribution in [3.05, 3.63) is 70.2 Å². The molecule has 0 fully saturated rings. The van der Waals surface area contributed by atoms with Gasteiger partial charge >= 0.3 is 0 Å². The van der Waals surface area contributed by atoms with Gasteiger partial charge in [0.05, 0.1) is 4.88 Å². The number of amides is 1. The molecule has 104 valence electrons. The van der Waals surface area contributed by atoms with E-state index in [1.165, 1.54) is 23.5 Å². The lowest BCUT2D eigenvalue weighted by atomic mass is 10.2. The fourth-order valence-electron chi connectivity index (χ4n) is 1.92. The number of hydrogen-bond donors (Lipinski definition) is 0. The molecule has 1 aromatic heterocycles. The van der Waals surface area contributed by atoms with Gasteiger partial charge < -0.3 is 4.90 Å². The zero-order valence-electron chi connectivity index (χ0n) is 11.3. The van der Waals surface area contributed by atoms with Gasteiger partial charge in [0.25, 0.3) is 5.91 Å². The molecule has 0 N–H and O–H groups in total. The second kappa shape index (κ2) is 6.48. The monoisotopic (exact) mass is 289 g/mol. The summed E-state index contributed by atoms with van der Waals surface area (Å²) in [6.07, 6.45) is 1.70. The van der Waals surface area contributed by atoms with Crippen LogP contribution in [0.5, 0.6) is 0 Å². The molecule has 2 aromatic rings. The molecule has 1 aromatic carbocycles. The van der Waals surface area contributed by atoms with Crippen molar-refractivity contribution in [2.45, 2.75) is 13.5 Å². The highest BCUT2D eigenvalue weighted by Gasteiger charge is 2.18. The third-order valence-corrected chi connectivity index (χ3v) is 3.98. The minimum atomic E-state index is -0.274. The normalized spacial score (nSPS) is 10.3. The molecule has 0 saturated heterocycles. The minimum absolute atomic E-state index is 0.0123. The Bertz CT molecular complexity index is 603. The summed E-state index contributed by atoms with van der Waals surface area (Å²) in [6.45, 7) is 6.53. The molecular formula is C16H16FNOS. The van der Waals surface area contributed by atoms with E-state index >= 15 is 0 Å². The van der Waals surface area contributed by atoms with Gasteiger partial charge in [-0.3, -0.25) is 4.79 Å². The van der Waals surface area contributed by atoms with E-state index < -0.39 is 0 Å². The summed E-state index contributed by atoms with van der Waals surface area (Å²) in [5.41, 5.74) is 1.88. The number of carbonyl (C=O) groups is 1. The summed E-state index contributed by atoms with van der Waals surface area (Å²) in [6, 6.07) is 8.13. The highest BCUT2D eigenvalue weighted by Crippen LogP contribution is 2.19. The van der Waals surface area contributed by atoms with E-state index in [1.54, 1.807) is 23.1 Å². The van der Waals surface area contributed by atoms with Crippen LogP contribution in [0.3, 0.4) is 0 Å². The Hall–Kier alpha value is -1.94. The van der Waals surface area contributed by atoms with Crippen molar-refractivity contribution in [1.82, 2.24) is 4.90 Å². The molecule has 2 rings (SSSR count). The van der Waals surface area contributed by atoms with Gasteiger partial charge in [0.15, 0.2) is 0 Å². The molecule has 0 spiro atoms. The van der Waals surface area contributed by atoms with E-state index in [9.17, 15) is 9.18 Å². The Kier molecular flexibility index (Phi) is 4.69. The van der Waals surface area contributed by atoms with Crippen LogP contribution in [0.15, 0.2) is 48.4 Å². The second-order valence-electron chi connectivity index (χ2n) is 4.53. The zero-order chi connectivity index (χ0) is 14.5. The van der Waals surface area contributed by atoms with E-state index in [0.29, 0.717) is 13.1 Å². The van der Waals surface area contributed by atoms with E-state index in [4.69, 9.17) is 0 Å². The number of benzene rings is 1. The van der Waals surface area contributed by atoms with Crippen LogP contribution < -0.4 is 0 Å². The van der Waals surface area contributed by atoms with Crippen molar-refractivity contribution in [2.24, 2.45) is 0 Å². The van der Waals surface area contributed by atoms with E-state index in [2.05, 4.69) is 6.58 Å². The average molecular weight is 289 g/mol. The molecule has 0 bridgehead atoms. The summed E-state index contributed by atoms with van der Waals surface area (Å²) in [5, 5.41) is 1.91. The molecular weight excluding hydrogens is 273 g/mol. The number of nitrogens with zero attached hydrogens (tertiary/aromatic N) is 1.